The maximum atomic E-state index is 2.62. The zero-order chi connectivity index (χ0) is 23.1. The van der Waals surface area contributed by atoms with Gasteiger partial charge in [-0.05, 0) is 52.5 Å². The van der Waals surface area contributed by atoms with Crippen molar-refractivity contribution in [3.05, 3.63) is 119 Å². The molecule has 0 saturated carbocycles. The van der Waals surface area contributed by atoms with E-state index in [2.05, 4.69) is 123 Å². The molecular formula is C32H37N. The van der Waals surface area contributed by atoms with E-state index in [9.17, 15) is 0 Å². The third-order valence-corrected chi connectivity index (χ3v) is 6.64. The van der Waals surface area contributed by atoms with E-state index >= 15 is 0 Å². The van der Waals surface area contributed by atoms with E-state index in [4.69, 9.17) is 0 Å². The van der Waals surface area contributed by atoms with Crippen LogP contribution in [0, 0.1) is 0 Å². The van der Waals surface area contributed by atoms with Gasteiger partial charge in [-0.2, -0.15) is 0 Å². The summed E-state index contributed by atoms with van der Waals surface area (Å²) in [4.78, 5) is 2.62. The van der Waals surface area contributed by atoms with Crippen LogP contribution in [-0.2, 0) is 5.41 Å². The standard InChI is InChI=1S/C32H37N/c1-32(2,3)30-19-17-26(18-20-30)12-10-11-23-33-24-21-29(22-25-33)31(27-13-6-4-7-14-27)28-15-8-5-9-16-28/h4-10,12-20H,11,21-25H2,1-3H3. The molecule has 4 rings (SSSR count). The average molecular weight is 436 g/mol. The summed E-state index contributed by atoms with van der Waals surface area (Å²) in [5.74, 6) is 0. The lowest BCUT2D eigenvalue weighted by molar-refractivity contribution is 0.262. The molecule has 0 aromatic heterocycles. The van der Waals surface area contributed by atoms with E-state index < -0.39 is 0 Å². The van der Waals surface area contributed by atoms with Gasteiger partial charge < -0.3 is 4.90 Å². The molecule has 1 aliphatic rings. The van der Waals surface area contributed by atoms with Crippen molar-refractivity contribution in [1.29, 1.82) is 0 Å². The Morgan fingerprint density at radius 1 is 0.758 bits per heavy atom. The summed E-state index contributed by atoms with van der Waals surface area (Å²) in [6.45, 7) is 10.2. The molecule has 1 saturated heterocycles. The zero-order valence-electron chi connectivity index (χ0n) is 20.4. The average Bonchev–Trinajstić information content (AvgIpc) is 2.84. The second kappa shape index (κ2) is 10.8. The van der Waals surface area contributed by atoms with E-state index in [-0.39, 0.29) is 5.41 Å². The first-order valence-electron chi connectivity index (χ1n) is 12.3. The highest BCUT2D eigenvalue weighted by atomic mass is 15.1. The molecule has 0 bridgehead atoms. The smallest absolute Gasteiger partial charge is 0.00192 e. The van der Waals surface area contributed by atoms with Gasteiger partial charge in [0.1, 0.15) is 0 Å². The molecule has 0 spiro atoms. The summed E-state index contributed by atoms with van der Waals surface area (Å²) in [5.41, 5.74) is 8.61. The van der Waals surface area contributed by atoms with Crippen LogP contribution in [0.5, 0.6) is 0 Å². The molecular weight excluding hydrogens is 398 g/mol. The van der Waals surface area contributed by atoms with Gasteiger partial charge in [0.2, 0.25) is 0 Å². The fourth-order valence-corrected chi connectivity index (χ4v) is 4.65. The van der Waals surface area contributed by atoms with Crippen molar-refractivity contribution in [1.82, 2.24) is 4.90 Å². The van der Waals surface area contributed by atoms with E-state index in [0.29, 0.717) is 0 Å². The normalized spacial score (nSPS) is 15.2. The summed E-state index contributed by atoms with van der Waals surface area (Å²) >= 11 is 0. The highest BCUT2D eigenvalue weighted by Gasteiger charge is 2.18. The molecule has 3 aromatic rings. The molecule has 3 aromatic carbocycles. The van der Waals surface area contributed by atoms with Gasteiger partial charge in [-0.25, -0.2) is 0 Å². The summed E-state index contributed by atoms with van der Waals surface area (Å²) in [6.07, 6.45) is 8.00. The first-order chi connectivity index (χ1) is 16.0. The Labute approximate surface area is 200 Å². The predicted molar refractivity (Wildman–Crippen MR) is 143 cm³/mol. The number of piperidine rings is 1. The molecule has 0 N–H and O–H groups in total. The van der Waals surface area contributed by atoms with Crippen molar-refractivity contribution < 1.29 is 0 Å². The largest absolute Gasteiger partial charge is 0.302 e. The lowest BCUT2D eigenvalue weighted by Crippen LogP contribution is -2.31. The Morgan fingerprint density at radius 2 is 1.30 bits per heavy atom. The molecule has 0 unspecified atom stereocenters. The Balaban J connectivity index is 1.35. The molecule has 170 valence electrons. The lowest BCUT2D eigenvalue weighted by atomic mass is 9.87. The number of hydrogen-bond acceptors (Lipinski definition) is 1. The number of benzene rings is 3. The zero-order valence-corrected chi connectivity index (χ0v) is 20.4. The van der Waals surface area contributed by atoms with Gasteiger partial charge >= 0.3 is 0 Å². The Morgan fingerprint density at radius 3 is 1.82 bits per heavy atom. The van der Waals surface area contributed by atoms with Gasteiger partial charge in [-0.15, -0.1) is 0 Å². The van der Waals surface area contributed by atoms with Crippen LogP contribution in [0.4, 0.5) is 0 Å². The van der Waals surface area contributed by atoms with Crippen molar-refractivity contribution in [2.45, 2.75) is 45.4 Å². The van der Waals surface area contributed by atoms with Crippen LogP contribution in [0.15, 0.2) is 96.6 Å². The van der Waals surface area contributed by atoms with Gasteiger partial charge in [-0.1, -0.05) is 123 Å². The minimum atomic E-state index is 0.213. The van der Waals surface area contributed by atoms with Crippen molar-refractivity contribution in [2.24, 2.45) is 0 Å². The van der Waals surface area contributed by atoms with E-state index in [0.717, 1.165) is 38.9 Å². The Bertz CT molecular complexity index is 1020. The second-order valence-electron chi connectivity index (χ2n) is 10.1. The SMILES string of the molecule is CC(C)(C)c1ccc(C=CCCN2CCC(=C(c3ccccc3)c3ccccc3)CC2)cc1. The van der Waals surface area contributed by atoms with Crippen LogP contribution in [0.2, 0.25) is 0 Å². The first-order valence-corrected chi connectivity index (χ1v) is 12.3. The number of rotatable bonds is 6. The van der Waals surface area contributed by atoms with Crippen molar-refractivity contribution >= 4 is 11.6 Å². The summed E-state index contributed by atoms with van der Waals surface area (Å²) in [7, 11) is 0. The lowest BCUT2D eigenvalue weighted by Gasteiger charge is -2.30. The van der Waals surface area contributed by atoms with E-state index in [1.807, 2.05) is 0 Å². The molecule has 0 atom stereocenters. The molecule has 1 nitrogen and oxygen atoms in total. The summed E-state index contributed by atoms with van der Waals surface area (Å²) in [6, 6.07) is 30.8. The van der Waals surface area contributed by atoms with E-state index in [1.54, 1.807) is 5.57 Å². The van der Waals surface area contributed by atoms with Crippen LogP contribution in [0.25, 0.3) is 11.6 Å². The summed E-state index contributed by atoms with van der Waals surface area (Å²) in [5, 5.41) is 0. The maximum Gasteiger partial charge on any atom is 0.00192 e. The molecule has 0 amide bonds. The fourth-order valence-electron chi connectivity index (χ4n) is 4.65. The van der Waals surface area contributed by atoms with Crippen molar-refractivity contribution in [2.75, 3.05) is 19.6 Å². The first kappa shape index (κ1) is 23.3. The Kier molecular flexibility index (Phi) is 7.62. The van der Waals surface area contributed by atoms with Gasteiger partial charge in [0.15, 0.2) is 0 Å². The highest BCUT2D eigenvalue weighted by Crippen LogP contribution is 2.32. The van der Waals surface area contributed by atoms with Crippen LogP contribution in [-0.4, -0.2) is 24.5 Å². The fraction of sp³-hybridized carbons (Fsp3) is 0.312. The monoisotopic (exact) mass is 435 g/mol. The van der Waals surface area contributed by atoms with Gasteiger partial charge in [0, 0.05) is 19.6 Å². The van der Waals surface area contributed by atoms with Gasteiger partial charge in [0.05, 0.1) is 0 Å². The van der Waals surface area contributed by atoms with Crippen LogP contribution < -0.4 is 0 Å². The second-order valence-corrected chi connectivity index (χ2v) is 10.1. The van der Waals surface area contributed by atoms with Gasteiger partial charge in [-0.3, -0.25) is 0 Å². The Hall–Kier alpha value is -2.90. The molecule has 0 aliphatic carbocycles. The number of likely N-dealkylation sites (tertiary alicyclic amines) is 1. The maximum absolute atomic E-state index is 2.62. The third kappa shape index (κ3) is 6.33. The number of nitrogens with zero attached hydrogens (tertiary/aromatic N) is 1. The topological polar surface area (TPSA) is 3.24 Å². The molecule has 1 fully saturated rings. The minimum Gasteiger partial charge on any atom is -0.302 e. The van der Waals surface area contributed by atoms with Crippen LogP contribution >= 0.6 is 0 Å². The molecule has 1 heterocycles. The van der Waals surface area contributed by atoms with E-state index in [1.165, 1.54) is 27.8 Å². The molecule has 0 radical (unpaired) electrons. The third-order valence-electron chi connectivity index (χ3n) is 6.64. The molecule has 1 heteroatoms. The quantitative estimate of drug-likeness (QED) is 0.379. The predicted octanol–water partition coefficient (Wildman–Crippen LogP) is 7.99. The van der Waals surface area contributed by atoms with Crippen LogP contribution in [0.3, 0.4) is 0 Å². The van der Waals surface area contributed by atoms with Crippen LogP contribution in [0.1, 0.15) is 62.3 Å². The molecule has 33 heavy (non-hydrogen) atoms. The van der Waals surface area contributed by atoms with Crippen molar-refractivity contribution in [3.8, 4) is 0 Å². The minimum absolute atomic E-state index is 0.213. The number of hydrogen-bond donors (Lipinski definition) is 0. The molecule has 1 aliphatic heterocycles. The van der Waals surface area contributed by atoms with Crippen molar-refractivity contribution in [3.63, 3.8) is 0 Å². The van der Waals surface area contributed by atoms with Gasteiger partial charge in [0.25, 0.3) is 0 Å². The summed E-state index contributed by atoms with van der Waals surface area (Å²) < 4.78 is 0. The highest BCUT2D eigenvalue weighted by molar-refractivity contribution is 5.82.